The number of fused-ring (bicyclic) bond motifs is 1. The maximum absolute atomic E-state index is 14.5. The van der Waals surface area contributed by atoms with Gasteiger partial charge in [-0.2, -0.15) is 0 Å². The summed E-state index contributed by atoms with van der Waals surface area (Å²) in [6, 6.07) is 10.5. The van der Waals surface area contributed by atoms with Crippen LogP contribution in [0.15, 0.2) is 36.4 Å². The largest absolute Gasteiger partial charge is 0.496 e. The van der Waals surface area contributed by atoms with Crippen molar-refractivity contribution in [3.05, 3.63) is 53.6 Å². The van der Waals surface area contributed by atoms with Gasteiger partial charge in [-0.3, -0.25) is 0 Å². The van der Waals surface area contributed by atoms with E-state index in [2.05, 4.69) is 10.2 Å². The van der Waals surface area contributed by atoms with Gasteiger partial charge >= 0.3 is 0 Å². The van der Waals surface area contributed by atoms with Crippen molar-refractivity contribution in [3.8, 4) is 17.0 Å². The standard InChI is InChI=1S/C18H16F2N2O/c1-10(2)16-15(23-3)9-12(17(19)18(16)20)14-8-11-6-4-5-7-13(11)21-22-14/h4-10H,1-3H3. The van der Waals surface area contributed by atoms with Gasteiger partial charge in [-0.15, -0.1) is 10.2 Å². The van der Waals surface area contributed by atoms with E-state index in [-0.39, 0.29) is 22.7 Å². The van der Waals surface area contributed by atoms with Gasteiger partial charge < -0.3 is 4.74 Å². The molecule has 0 spiro atoms. The van der Waals surface area contributed by atoms with Gasteiger partial charge in [0.05, 0.1) is 18.3 Å². The minimum Gasteiger partial charge on any atom is -0.496 e. The Hall–Kier alpha value is -2.56. The summed E-state index contributed by atoms with van der Waals surface area (Å²) in [5.74, 6) is -1.72. The van der Waals surface area contributed by atoms with E-state index in [0.717, 1.165) is 5.39 Å². The van der Waals surface area contributed by atoms with Crippen molar-refractivity contribution in [2.75, 3.05) is 7.11 Å². The van der Waals surface area contributed by atoms with Crippen LogP contribution in [-0.2, 0) is 0 Å². The molecule has 2 aromatic carbocycles. The van der Waals surface area contributed by atoms with E-state index >= 15 is 0 Å². The number of aromatic nitrogens is 2. The molecule has 0 amide bonds. The van der Waals surface area contributed by atoms with Crippen molar-refractivity contribution < 1.29 is 13.5 Å². The molecule has 0 aliphatic rings. The zero-order valence-electron chi connectivity index (χ0n) is 13.1. The fraction of sp³-hybridized carbons (Fsp3) is 0.222. The van der Waals surface area contributed by atoms with Crippen LogP contribution in [-0.4, -0.2) is 17.3 Å². The van der Waals surface area contributed by atoms with Gasteiger partial charge in [-0.1, -0.05) is 32.0 Å². The van der Waals surface area contributed by atoms with Gasteiger partial charge in [-0.25, -0.2) is 8.78 Å². The Balaban J connectivity index is 2.24. The number of hydrogen-bond donors (Lipinski definition) is 0. The van der Waals surface area contributed by atoms with Gasteiger partial charge in [0, 0.05) is 16.5 Å². The number of halogens is 2. The third-order valence-corrected chi connectivity index (χ3v) is 3.77. The van der Waals surface area contributed by atoms with Crippen LogP contribution < -0.4 is 4.74 Å². The molecule has 0 N–H and O–H groups in total. The second-order valence-corrected chi connectivity index (χ2v) is 5.61. The number of ether oxygens (including phenoxy) is 1. The molecule has 0 radical (unpaired) electrons. The van der Waals surface area contributed by atoms with Crippen LogP contribution >= 0.6 is 0 Å². The van der Waals surface area contributed by atoms with E-state index in [9.17, 15) is 8.78 Å². The minimum atomic E-state index is -0.931. The Morgan fingerprint density at radius 3 is 2.43 bits per heavy atom. The first kappa shape index (κ1) is 15.3. The average molecular weight is 314 g/mol. The second-order valence-electron chi connectivity index (χ2n) is 5.61. The van der Waals surface area contributed by atoms with Gasteiger partial charge in [0.25, 0.3) is 0 Å². The lowest BCUT2D eigenvalue weighted by Crippen LogP contribution is -2.04. The molecule has 118 valence electrons. The first-order chi connectivity index (χ1) is 11.0. The summed E-state index contributed by atoms with van der Waals surface area (Å²) in [7, 11) is 1.44. The highest BCUT2D eigenvalue weighted by Gasteiger charge is 2.23. The summed E-state index contributed by atoms with van der Waals surface area (Å²) >= 11 is 0. The quantitative estimate of drug-likeness (QED) is 0.702. The molecule has 0 saturated heterocycles. The van der Waals surface area contributed by atoms with Crippen LogP contribution in [0.25, 0.3) is 22.2 Å². The molecular weight excluding hydrogens is 298 g/mol. The first-order valence-electron chi connectivity index (χ1n) is 7.31. The van der Waals surface area contributed by atoms with Crippen molar-refractivity contribution in [1.29, 1.82) is 0 Å². The third kappa shape index (κ3) is 2.63. The fourth-order valence-electron chi connectivity index (χ4n) is 2.63. The summed E-state index contributed by atoms with van der Waals surface area (Å²) < 4.78 is 34.2. The summed E-state index contributed by atoms with van der Waals surface area (Å²) in [4.78, 5) is 0. The molecule has 3 nitrogen and oxygen atoms in total. The molecule has 5 heteroatoms. The lowest BCUT2D eigenvalue weighted by molar-refractivity contribution is 0.395. The zero-order valence-corrected chi connectivity index (χ0v) is 13.1. The van der Waals surface area contributed by atoms with Crippen molar-refractivity contribution in [3.63, 3.8) is 0 Å². The van der Waals surface area contributed by atoms with Gasteiger partial charge in [0.1, 0.15) is 5.75 Å². The molecule has 3 aromatic rings. The lowest BCUT2D eigenvalue weighted by Gasteiger charge is -2.15. The monoisotopic (exact) mass is 314 g/mol. The van der Waals surface area contributed by atoms with Crippen LogP contribution in [0.1, 0.15) is 25.3 Å². The molecule has 3 rings (SSSR count). The van der Waals surface area contributed by atoms with Crippen LogP contribution in [0.4, 0.5) is 8.78 Å². The highest BCUT2D eigenvalue weighted by molar-refractivity contribution is 5.82. The van der Waals surface area contributed by atoms with E-state index in [1.807, 2.05) is 24.3 Å². The van der Waals surface area contributed by atoms with Crippen molar-refractivity contribution in [2.45, 2.75) is 19.8 Å². The first-order valence-corrected chi connectivity index (χ1v) is 7.31. The highest BCUT2D eigenvalue weighted by atomic mass is 19.2. The van der Waals surface area contributed by atoms with Gasteiger partial charge in [-0.05, 0) is 24.1 Å². The van der Waals surface area contributed by atoms with Crippen molar-refractivity contribution >= 4 is 10.9 Å². The van der Waals surface area contributed by atoms with Crippen molar-refractivity contribution in [2.24, 2.45) is 0 Å². The maximum Gasteiger partial charge on any atom is 0.168 e. The van der Waals surface area contributed by atoms with E-state index in [0.29, 0.717) is 11.3 Å². The molecule has 1 aromatic heterocycles. The minimum absolute atomic E-state index is 0.0435. The second kappa shape index (κ2) is 5.91. The van der Waals surface area contributed by atoms with E-state index in [4.69, 9.17) is 4.74 Å². The van der Waals surface area contributed by atoms with E-state index < -0.39 is 11.6 Å². The molecule has 23 heavy (non-hydrogen) atoms. The molecule has 0 fully saturated rings. The number of nitrogens with zero attached hydrogens (tertiary/aromatic N) is 2. The molecule has 1 heterocycles. The predicted molar refractivity (Wildman–Crippen MR) is 85.5 cm³/mol. The van der Waals surface area contributed by atoms with Crippen LogP contribution in [0.3, 0.4) is 0 Å². The summed E-state index contributed by atoms with van der Waals surface area (Å²) in [5, 5.41) is 8.89. The van der Waals surface area contributed by atoms with Crippen LogP contribution in [0.5, 0.6) is 5.75 Å². The average Bonchev–Trinajstić information content (AvgIpc) is 2.56. The fourth-order valence-corrected chi connectivity index (χ4v) is 2.63. The SMILES string of the molecule is COc1cc(-c2cc3ccccc3nn2)c(F)c(F)c1C(C)C. The molecule has 0 bridgehead atoms. The Bertz CT molecular complexity index is 878. The zero-order chi connectivity index (χ0) is 16.6. The number of rotatable bonds is 3. The molecule has 0 atom stereocenters. The summed E-state index contributed by atoms with van der Waals surface area (Å²) in [5.41, 5.74) is 1.24. The number of benzene rings is 2. The molecule has 0 aliphatic heterocycles. The smallest absolute Gasteiger partial charge is 0.168 e. The highest BCUT2D eigenvalue weighted by Crippen LogP contribution is 2.36. The van der Waals surface area contributed by atoms with E-state index in [1.165, 1.54) is 13.2 Å². The Labute approximate surface area is 132 Å². The van der Waals surface area contributed by atoms with E-state index in [1.54, 1.807) is 19.9 Å². The van der Waals surface area contributed by atoms with Gasteiger partial charge in [0.15, 0.2) is 11.6 Å². The predicted octanol–water partition coefficient (Wildman–Crippen LogP) is 4.71. The van der Waals surface area contributed by atoms with Gasteiger partial charge in [0.2, 0.25) is 0 Å². The third-order valence-electron chi connectivity index (χ3n) is 3.77. The van der Waals surface area contributed by atoms with Crippen molar-refractivity contribution in [1.82, 2.24) is 10.2 Å². The summed E-state index contributed by atoms with van der Waals surface area (Å²) in [6.45, 7) is 3.58. The molecule has 0 saturated carbocycles. The Morgan fingerprint density at radius 2 is 1.74 bits per heavy atom. The molecular formula is C18H16F2N2O. The molecule has 0 unspecified atom stereocenters. The molecule has 0 aliphatic carbocycles. The lowest BCUT2D eigenvalue weighted by atomic mass is 9.97. The number of hydrogen-bond acceptors (Lipinski definition) is 3. The summed E-state index contributed by atoms with van der Waals surface area (Å²) in [6.07, 6.45) is 0. The maximum atomic E-state index is 14.5. The Kier molecular flexibility index (Phi) is 3.94. The van der Waals surface area contributed by atoms with Crippen LogP contribution in [0, 0.1) is 11.6 Å². The number of methoxy groups -OCH3 is 1. The topological polar surface area (TPSA) is 35.0 Å². The Morgan fingerprint density at radius 1 is 1.00 bits per heavy atom. The normalized spacial score (nSPS) is 11.2. The van der Waals surface area contributed by atoms with Crippen LogP contribution in [0.2, 0.25) is 0 Å².